The Morgan fingerprint density at radius 3 is 2.41 bits per heavy atom. The van der Waals surface area contributed by atoms with E-state index >= 15 is 0 Å². The molecule has 2 amide bonds. The maximum atomic E-state index is 12.4. The van der Waals surface area contributed by atoms with Gasteiger partial charge in [0.05, 0.1) is 0 Å². The fourth-order valence-corrected chi connectivity index (χ4v) is 2.37. The van der Waals surface area contributed by atoms with E-state index in [2.05, 4.69) is 33.2 Å². The third-order valence-electron chi connectivity index (χ3n) is 2.75. The van der Waals surface area contributed by atoms with Crippen LogP contribution in [0.15, 0.2) is 60.3 Å². The SMILES string of the molecule is CC(=O)N/C(=C/c1ccccc1)C(=O)Nc1cccc(I)c1. The maximum absolute atomic E-state index is 12.4. The zero-order valence-corrected chi connectivity index (χ0v) is 14.1. The van der Waals surface area contributed by atoms with E-state index in [-0.39, 0.29) is 17.5 Å². The van der Waals surface area contributed by atoms with Crippen LogP contribution in [0.4, 0.5) is 5.69 Å². The average molecular weight is 406 g/mol. The highest BCUT2D eigenvalue weighted by atomic mass is 127. The van der Waals surface area contributed by atoms with Gasteiger partial charge in [-0.05, 0) is 52.4 Å². The second-order valence-electron chi connectivity index (χ2n) is 4.61. The van der Waals surface area contributed by atoms with Gasteiger partial charge in [0.1, 0.15) is 5.70 Å². The summed E-state index contributed by atoms with van der Waals surface area (Å²) in [5.74, 6) is -0.652. The molecular weight excluding hydrogens is 391 g/mol. The molecule has 2 aromatic carbocycles. The van der Waals surface area contributed by atoms with Gasteiger partial charge in [0.15, 0.2) is 0 Å². The molecule has 0 aliphatic carbocycles. The molecule has 0 aliphatic heterocycles. The van der Waals surface area contributed by atoms with Gasteiger partial charge in [0.25, 0.3) is 5.91 Å². The third kappa shape index (κ3) is 5.00. The lowest BCUT2D eigenvalue weighted by Gasteiger charge is -2.10. The second kappa shape index (κ2) is 7.74. The summed E-state index contributed by atoms with van der Waals surface area (Å²) >= 11 is 2.17. The summed E-state index contributed by atoms with van der Waals surface area (Å²) in [5.41, 5.74) is 1.72. The van der Waals surface area contributed by atoms with E-state index in [9.17, 15) is 9.59 Å². The molecule has 0 heterocycles. The summed E-state index contributed by atoms with van der Waals surface area (Å²) in [4.78, 5) is 23.7. The Morgan fingerprint density at radius 1 is 1.05 bits per heavy atom. The van der Waals surface area contributed by atoms with Crippen LogP contribution in [0.2, 0.25) is 0 Å². The molecule has 0 fully saturated rings. The summed E-state index contributed by atoms with van der Waals surface area (Å²) < 4.78 is 1.02. The van der Waals surface area contributed by atoms with Crippen molar-refractivity contribution in [2.75, 3.05) is 5.32 Å². The molecule has 0 atom stereocenters. The van der Waals surface area contributed by atoms with Crippen molar-refractivity contribution in [3.05, 3.63) is 69.4 Å². The molecule has 0 aromatic heterocycles. The van der Waals surface area contributed by atoms with Crippen LogP contribution >= 0.6 is 22.6 Å². The highest BCUT2D eigenvalue weighted by Gasteiger charge is 2.11. The molecule has 5 heteroatoms. The molecule has 0 saturated carbocycles. The molecule has 0 radical (unpaired) electrons. The average Bonchev–Trinajstić information content (AvgIpc) is 2.47. The summed E-state index contributed by atoms with van der Waals surface area (Å²) in [7, 11) is 0. The van der Waals surface area contributed by atoms with Gasteiger partial charge in [-0.25, -0.2) is 0 Å². The Hall–Kier alpha value is -2.15. The van der Waals surface area contributed by atoms with Gasteiger partial charge in [0, 0.05) is 16.2 Å². The van der Waals surface area contributed by atoms with Crippen LogP contribution in [-0.4, -0.2) is 11.8 Å². The Kier molecular flexibility index (Phi) is 5.71. The Labute approximate surface area is 142 Å². The number of halogens is 1. The summed E-state index contributed by atoms with van der Waals surface area (Å²) in [5, 5.41) is 5.35. The lowest BCUT2D eigenvalue weighted by Crippen LogP contribution is -2.28. The maximum Gasteiger partial charge on any atom is 0.272 e. The van der Waals surface area contributed by atoms with Crippen LogP contribution in [0, 0.1) is 3.57 Å². The van der Waals surface area contributed by atoms with Crippen molar-refractivity contribution in [2.45, 2.75) is 6.92 Å². The van der Waals surface area contributed by atoms with Crippen molar-refractivity contribution in [2.24, 2.45) is 0 Å². The monoisotopic (exact) mass is 406 g/mol. The second-order valence-corrected chi connectivity index (χ2v) is 5.86. The van der Waals surface area contributed by atoms with E-state index < -0.39 is 0 Å². The van der Waals surface area contributed by atoms with Crippen LogP contribution < -0.4 is 10.6 Å². The number of carbonyl (C=O) groups excluding carboxylic acids is 2. The first-order valence-electron chi connectivity index (χ1n) is 6.66. The molecule has 2 N–H and O–H groups in total. The molecule has 4 nitrogen and oxygen atoms in total. The number of hydrogen-bond acceptors (Lipinski definition) is 2. The smallest absolute Gasteiger partial charge is 0.272 e. The molecule has 0 aliphatic rings. The fourth-order valence-electron chi connectivity index (χ4n) is 1.83. The first-order valence-corrected chi connectivity index (χ1v) is 7.74. The molecule has 22 heavy (non-hydrogen) atoms. The Morgan fingerprint density at radius 2 is 1.77 bits per heavy atom. The Bertz CT molecular complexity index is 712. The molecule has 112 valence electrons. The minimum absolute atomic E-state index is 0.206. The quantitative estimate of drug-likeness (QED) is 0.604. The topological polar surface area (TPSA) is 58.2 Å². The Balaban J connectivity index is 2.23. The number of amides is 2. The number of benzene rings is 2. The van der Waals surface area contributed by atoms with Gasteiger partial charge >= 0.3 is 0 Å². The lowest BCUT2D eigenvalue weighted by molar-refractivity contribution is -0.120. The number of rotatable bonds is 4. The predicted molar refractivity (Wildman–Crippen MR) is 96.0 cm³/mol. The predicted octanol–water partition coefficient (Wildman–Crippen LogP) is 3.41. The lowest BCUT2D eigenvalue weighted by atomic mass is 10.2. The van der Waals surface area contributed by atoms with Crippen LogP contribution in [-0.2, 0) is 9.59 Å². The van der Waals surface area contributed by atoms with Crippen molar-refractivity contribution >= 4 is 46.2 Å². The van der Waals surface area contributed by atoms with E-state index in [1.54, 1.807) is 12.1 Å². The summed E-state index contributed by atoms with van der Waals surface area (Å²) in [6.45, 7) is 1.37. The molecule has 0 saturated heterocycles. The van der Waals surface area contributed by atoms with Crippen LogP contribution in [0.1, 0.15) is 12.5 Å². The molecule has 2 rings (SSSR count). The zero-order valence-electron chi connectivity index (χ0n) is 12.0. The fraction of sp³-hybridized carbons (Fsp3) is 0.0588. The van der Waals surface area contributed by atoms with Gasteiger partial charge < -0.3 is 10.6 Å². The normalized spacial score (nSPS) is 10.9. The van der Waals surface area contributed by atoms with E-state index in [1.165, 1.54) is 6.92 Å². The van der Waals surface area contributed by atoms with Crippen molar-refractivity contribution < 1.29 is 9.59 Å². The van der Waals surface area contributed by atoms with Crippen molar-refractivity contribution in [1.82, 2.24) is 5.32 Å². The number of anilines is 1. The van der Waals surface area contributed by atoms with Gasteiger partial charge in [-0.15, -0.1) is 0 Å². The molecule has 0 spiro atoms. The third-order valence-corrected chi connectivity index (χ3v) is 3.42. The zero-order chi connectivity index (χ0) is 15.9. The number of hydrogen-bond donors (Lipinski definition) is 2. The van der Waals surface area contributed by atoms with Crippen molar-refractivity contribution in [1.29, 1.82) is 0 Å². The standard InChI is InChI=1S/C17H15IN2O2/c1-12(21)19-16(10-13-6-3-2-4-7-13)17(22)20-15-9-5-8-14(18)11-15/h2-11H,1H3,(H,19,21)(H,20,22)/b16-10+. The minimum Gasteiger partial charge on any atom is -0.322 e. The van der Waals surface area contributed by atoms with Crippen LogP contribution in [0.25, 0.3) is 6.08 Å². The largest absolute Gasteiger partial charge is 0.322 e. The number of nitrogens with one attached hydrogen (secondary N) is 2. The molecule has 0 bridgehead atoms. The van der Waals surface area contributed by atoms with Crippen molar-refractivity contribution in [3.8, 4) is 0 Å². The summed E-state index contributed by atoms with van der Waals surface area (Å²) in [6.07, 6.45) is 1.64. The van der Waals surface area contributed by atoms with Gasteiger partial charge in [-0.1, -0.05) is 36.4 Å². The first kappa shape index (κ1) is 16.2. The van der Waals surface area contributed by atoms with Gasteiger partial charge in [-0.2, -0.15) is 0 Å². The number of carbonyl (C=O) groups is 2. The summed E-state index contributed by atoms with van der Waals surface area (Å²) in [6, 6.07) is 16.8. The van der Waals surface area contributed by atoms with E-state index in [4.69, 9.17) is 0 Å². The van der Waals surface area contributed by atoms with E-state index in [0.29, 0.717) is 5.69 Å². The minimum atomic E-state index is -0.360. The van der Waals surface area contributed by atoms with E-state index in [0.717, 1.165) is 9.13 Å². The van der Waals surface area contributed by atoms with Gasteiger partial charge in [-0.3, -0.25) is 9.59 Å². The van der Waals surface area contributed by atoms with Crippen molar-refractivity contribution in [3.63, 3.8) is 0 Å². The van der Waals surface area contributed by atoms with Gasteiger partial charge in [0.2, 0.25) is 5.91 Å². The molecule has 0 unspecified atom stereocenters. The molecule has 2 aromatic rings. The first-order chi connectivity index (χ1) is 10.5. The van der Waals surface area contributed by atoms with Crippen LogP contribution in [0.3, 0.4) is 0 Å². The highest BCUT2D eigenvalue weighted by molar-refractivity contribution is 14.1. The van der Waals surface area contributed by atoms with Crippen LogP contribution in [0.5, 0.6) is 0 Å². The van der Waals surface area contributed by atoms with E-state index in [1.807, 2.05) is 48.5 Å². The highest BCUT2D eigenvalue weighted by Crippen LogP contribution is 2.14. The molecular formula is C17H15IN2O2.